The Bertz CT molecular complexity index is 1130. The van der Waals surface area contributed by atoms with Crippen LogP contribution in [0.2, 0.25) is 0 Å². The first-order chi connectivity index (χ1) is 15.2. The van der Waals surface area contributed by atoms with Crippen LogP contribution in [-0.2, 0) is 9.59 Å². The molecule has 0 aromatic heterocycles. The number of hydrogen-bond donors (Lipinski definition) is 2. The fourth-order valence-corrected chi connectivity index (χ4v) is 4.32. The molecule has 32 heavy (non-hydrogen) atoms. The maximum Gasteiger partial charge on any atom is 0.335 e. The highest BCUT2D eigenvalue weighted by molar-refractivity contribution is 9.10. The third kappa shape index (κ3) is 5.17. The van der Waals surface area contributed by atoms with Crippen LogP contribution >= 0.6 is 27.7 Å². The van der Waals surface area contributed by atoms with E-state index < -0.39 is 23.0 Å². The number of carboxylic acid groups (broad SMARTS) is 1. The summed E-state index contributed by atoms with van der Waals surface area (Å²) in [5.74, 6) is -1.25. The van der Waals surface area contributed by atoms with Gasteiger partial charge in [0.1, 0.15) is 11.0 Å². The average Bonchev–Trinajstić information content (AvgIpc) is 3.04. The second-order valence-corrected chi connectivity index (χ2v) is 8.78. The van der Waals surface area contributed by atoms with Crippen molar-refractivity contribution < 1.29 is 24.2 Å². The zero-order valence-electron chi connectivity index (χ0n) is 17.1. The zero-order chi connectivity index (χ0) is 23.4. The molecule has 1 atom stereocenters. The SMILES string of the molecule is COc1ccc(/C(C)=N\N=C(/N)S[C@H]2CC(=O)N(c3ccc(C(=O)O)cc3)C2=O)cc1Br. The summed E-state index contributed by atoms with van der Waals surface area (Å²) in [6, 6.07) is 11.0. The van der Waals surface area contributed by atoms with E-state index in [0.717, 1.165) is 26.7 Å². The van der Waals surface area contributed by atoms with Gasteiger partial charge < -0.3 is 15.6 Å². The second-order valence-electron chi connectivity index (χ2n) is 6.70. The summed E-state index contributed by atoms with van der Waals surface area (Å²) in [6.07, 6.45) is -0.0471. The summed E-state index contributed by atoms with van der Waals surface area (Å²) in [7, 11) is 1.57. The summed E-state index contributed by atoms with van der Waals surface area (Å²) >= 11 is 4.37. The maximum absolute atomic E-state index is 12.7. The number of carbonyl (C=O) groups excluding carboxylic acids is 2. The molecule has 2 amide bonds. The first-order valence-corrected chi connectivity index (χ1v) is 11.0. The minimum Gasteiger partial charge on any atom is -0.496 e. The molecule has 3 N–H and O–H groups in total. The van der Waals surface area contributed by atoms with Gasteiger partial charge in [0.25, 0.3) is 0 Å². The van der Waals surface area contributed by atoms with Crippen molar-refractivity contribution in [1.82, 2.24) is 0 Å². The summed E-state index contributed by atoms with van der Waals surface area (Å²) in [5, 5.41) is 16.4. The van der Waals surface area contributed by atoms with Gasteiger partial charge in [-0.3, -0.25) is 9.59 Å². The number of imide groups is 1. The zero-order valence-corrected chi connectivity index (χ0v) is 19.5. The molecule has 1 aliphatic rings. The van der Waals surface area contributed by atoms with Crippen molar-refractivity contribution in [3.05, 3.63) is 58.1 Å². The quantitative estimate of drug-likeness (QED) is 0.259. The van der Waals surface area contributed by atoms with Crippen LogP contribution in [0.3, 0.4) is 0 Å². The predicted molar refractivity (Wildman–Crippen MR) is 126 cm³/mol. The second kappa shape index (κ2) is 9.96. The fourth-order valence-electron chi connectivity index (χ4n) is 2.96. The van der Waals surface area contributed by atoms with Crippen LogP contribution in [0.15, 0.2) is 57.1 Å². The number of amidine groups is 1. The van der Waals surface area contributed by atoms with Crippen LogP contribution in [0.1, 0.15) is 29.3 Å². The highest BCUT2D eigenvalue weighted by Crippen LogP contribution is 2.30. The standard InChI is InChI=1S/C21H19BrN4O5S/c1-11(13-5-8-16(31-2)15(22)9-13)24-25-21(23)32-17-10-18(27)26(19(17)28)14-6-3-12(4-7-14)20(29)30/h3-9,17H,10H2,1-2H3,(H2,23,25)(H,29,30)/b24-11-/t17-/m0/s1. The molecule has 1 saturated heterocycles. The first-order valence-electron chi connectivity index (χ1n) is 9.29. The van der Waals surface area contributed by atoms with E-state index in [4.69, 9.17) is 15.6 Å². The average molecular weight is 519 g/mol. The van der Waals surface area contributed by atoms with Gasteiger partial charge in [-0.2, -0.15) is 5.10 Å². The first kappa shape index (κ1) is 23.5. The number of carboxylic acids is 1. The van der Waals surface area contributed by atoms with E-state index >= 15 is 0 Å². The Labute approximate surface area is 196 Å². The van der Waals surface area contributed by atoms with E-state index in [0.29, 0.717) is 17.1 Å². The Morgan fingerprint density at radius 2 is 1.84 bits per heavy atom. The molecule has 11 heteroatoms. The molecule has 0 unspecified atom stereocenters. The van der Waals surface area contributed by atoms with Crippen LogP contribution in [0.25, 0.3) is 0 Å². The topological polar surface area (TPSA) is 135 Å². The summed E-state index contributed by atoms with van der Waals surface area (Å²) < 4.78 is 5.97. The van der Waals surface area contributed by atoms with Crippen molar-refractivity contribution >= 4 is 62.0 Å². The van der Waals surface area contributed by atoms with Gasteiger partial charge in [0.05, 0.1) is 28.5 Å². The summed E-state index contributed by atoms with van der Waals surface area (Å²) in [4.78, 5) is 37.1. The van der Waals surface area contributed by atoms with Crippen molar-refractivity contribution in [1.29, 1.82) is 0 Å². The van der Waals surface area contributed by atoms with Crippen LogP contribution in [0, 0.1) is 0 Å². The Hall–Kier alpha value is -3.18. The highest BCUT2D eigenvalue weighted by Gasteiger charge is 2.40. The van der Waals surface area contributed by atoms with Crippen LogP contribution in [0.4, 0.5) is 5.69 Å². The summed E-state index contributed by atoms with van der Waals surface area (Å²) in [5.41, 5.74) is 7.71. The van der Waals surface area contributed by atoms with Crippen LogP contribution in [-0.4, -0.2) is 46.1 Å². The van der Waals surface area contributed by atoms with Gasteiger partial charge in [-0.05, 0) is 70.9 Å². The number of anilines is 1. The number of hydrogen-bond acceptors (Lipinski definition) is 7. The number of nitrogens with zero attached hydrogens (tertiary/aromatic N) is 3. The molecule has 0 saturated carbocycles. The minimum absolute atomic E-state index is 0.0471. The molecule has 166 valence electrons. The van der Waals surface area contributed by atoms with Gasteiger partial charge in [0.15, 0.2) is 5.17 Å². The van der Waals surface area contributed by atoms with Gasteiger partial charge in [-0.15, -0.1) is 5.10 Å². The Kier molecular flexibility index (Phi) is 7.31. The number of halogens is 1. The van der Waals surface area contributed by atoms with Crippen LogP contribution < -0.4 is 15.4 Å². The molecule has 9 nitrogen and oxygen atoms in total. The molecule has 3 rings (SSSR count). The van der Waals surface area contributed by atoms with E-state index in [1.165, 1.54) is 24.3 Å². The van der Waals surface area contributed by atoms with Crippen molar-refractivity contribution in [3.63, 3.8) is 0 Å². The number of ether oxygens (including phenoxy) is 1. The van der Waals surface area contributed by atoms with E-state index in [9.17, 15) is 14.4 Å². The molecule has 2 aromatic rings. The van der Waals surface area contributed by atoms with E-state index in [1.54, 1.807) is 20.1 Å². The van der Waals surface area contributed by atoms with Crippen molar-refractivity contribution in [2.45, 2.75) is 18.6 Å². The molecule has 0 aliphatic carbocycles. The van der Waals surface area contributed by atoms with Gasteiger partial charge in [-0.25, -0.2) is 9.69 Å². The molecule has 0 bridgehead atoms. The Balaban J connectivity index is 1.70. The lowest BCUT2D eigenvalue weighted by Crippen LogP contribution is -2.31. The number of rotatable bonds is 6. The Morgan fingerprint density at radius 1 is 1.19 bits per heavy atom. The van der Waals surface area contributed by atoms with Gasteiger partial charge in [0, 0.05) is 6.42 Å². The number of benzene rings is 2. The third-order valence-corrected chi connectivity index (χ3v) is 6.20. The van der Waals surface area contributed by atoms with E-state index in [2.05, 4.69) is 26.1 Å². The highest BCUT2D eigenvalue weighted by atomic mass is 79.9. The van der Waals surface area contributed by atoms with E-state index in [1.807, 2.05) is 12.1 Å². The molecule has 2 aromatic carbocycles. The molecule has 0 spiro atoms. The molecular weight excluding hydrogens is 500 g/mol. The lowest BCUT2D eigenvalue weighted by molar-refractivity contribution is -0.121. The van der Waals surface area contributed by atoms with Gasteiger partial charge in [0.2, 0.25) is 11.8 Å². The lowest BCUT2D eigenvalue weighted by Gasteiger charge is -2.14. The molecular formula is C21H19BrN4O5S. The van der Waals surface area contributed by atoms with E-state index in [-0.39, 0.29) is 17.2 Å². The van der Waals surface area contributed by atoms with Crippen LogP contribution in [0.5, 0.6) is 5.75 Å². The van der Waals surface area contributed by atoms with Crippen molar-refractivity contribution in [2.24, 2.45) is 15.9 Å². The predicted octanol–water partition coefficient (Wildman–Crippen LogP) is 3.26. The Morgan fingerprint density at radius 3 is 2.44 bits per heavy atom. The number of amides is 2. The largest absolute Gasteiger partial charge is 0.496 e. The molecule has 0 radical (unpaired) electrons. The minimum atomic E-state index is -1.09. The number of methoxy groups -OCH3 is 1. The van der Waals surface area contributed by atoms with Crippen molar-refractivity contribution in [2.75, 3.05) is 12.0 Å². The summed E-state index contributed by atoms with van der Waals surface area (Å²) in [6.45, 7) is 1.77. The fraction of sp³-hybridized carbons (Fsp3) is 0.190. The molecule has 1 aliphatic heterocycles. The van der Waals surface area contributed by atoms with Gasteiger partial charge in [-0.1, -0.05) is 11.8 Å². The third-order valence-electron chi connectivity index (χ3n) is 4.61. The maximum atomic E-state index is 12.7. The smallest absolute Gasteiger partial charge is 0.335 e. The molecule has 1 heterocycles. The normalized spacial score (nSPS) is 17.1. The number of thioether (sulfide) groups is 1. The number of nitrogens with two attached hydrogens (primary N) is 1. The monoisotopic (exact) mass is 518 g/mol. The number of carbonyl (C=O) groups is 3. The number of aromatic carboxylic acids is 1. The van der Waals surface area contributed by atoms with Crippen molar-refractivity contribution in [3.8, 4) is 5.75 Å². The molecule has 1 fully saturated rings. The van der Waals surface area contributed by atoms with Gasteiger partial charge >= 0.3 is 5.97 Å². The lowest BCUT2D eigenvalue weighted by atomic mass is 10.1.